The molecule has 0 radical (unpaired) electrons. The number of amides is 1. The summed E-state index contributed by atoms with van der Waals surface area (Å²) in [4.78, 5) is 37.6. The summed E-state index contributed by atoms with van der Waals surface area (Å²) in [6.07, 6.45) is 0.700. The highest BCUT2D eigenvalue weighted by molar-refractivity contribution is 9.10. The fraction of sp³-hybridized carbons (Fsp3) is 0.348. The van der Waals surface area contributed by atoms with E-state index in [9.17, 15) is 14.4 Å². The first-order valence-electron chi connectivity index (χ1n) is 9.80. The van der Waals surface area contributed by atoms with Crippen molar-refractivity contribution in [3.63, 3.8) is 0 Å². The standard InChI is InChI=1S/C23H24BrNO5/c1-14-3-10-18(29-2)13-19(14)20(26)11-12-21(27)30-22(23(28)25-17-8-9-17)15-4-6-16(24)7-5-15/h3-7,10,13,17,22H,8-9,11-12H2,1-2H3,(H,25,28). The first-order valence-corrected chi connectivity index (χ1v) is 10.6. The molecule has 0 aliphatic heterocycles. The van der Waals surface area contributed by atoms with Crippen molar-refractivity contribution in [1.82, 2.24) is 5.32 Å². The van der Waals surface area contributed by atoms with Crippen LogP contribution in [0.15, 0.2) is 46.9 Å². The van der Waals surface area contributed by atoms with Gasteiger partial charge < -0.3 is 14.8 Å². The Kier molecular flexibility index (Phi) is 7.26. The zero-order chi connectivity index (χ0) is 21.7. The molecular formula is C23H24BrNO5. The number of esters is 1. The maximum atomic E-state index is 12.6. The summed E-state index contributed by atoms with van der Waals surface area (Å²) < 4.78 is 11.5. The van der Waals surface area contributed by atoms with Gasteiger partial charge >= 0.3 is 5.97 Å². The Morgan fingerprint density at radius 2 is 1.80 bits per heavy atom. The number of carbonyl (C=O) groups excluding carboxylic acids is 3. The molecule has 0 heterocycles. The molecule has 0 spiro atoms. The van der Waals surface area contributed by atoms with Crippen LogP contribution >= 0.6 is 15.9 Å². The number of nitrogens with one attached hydrogen (secondary N) is 1. The monoisotopic (exact) mass is 473 g/mol. The van der Waals surface area contributed by atoms with Crippen molar-refractivity contribution in [3.05, 3.63) is 63.6 Å². The molecule has 3 rings (SSSR count). The number of aryl methyl sites for hydroxylation is 1. The van der Waals surface area contributed by atoms with E-state index in [1.807, 2.05) is 6.92 Å². The van der Waals surface area contributed by atoms with E-state index in [2.05, 4.69) is 21.2 Å². The second kappa shape index (κ2) is 9.89. The minimum Gasteiger partial charge on any atom is -0.497 e. The van der Waals surface area contributed by atoms with Crippen molar-refractivity contribution >= 4 is 33.6 Å². The van der Waals surface area contributed by atoms with Crippen LogP contribution in [0.3, 0.4) is 0 Å². The van der Waals surface area contributed by atoms with Gasteiger partial charge in [0.05, 0.1) is 13.5 Å². The Labute approximate surface area is 184 Å². The molecule has 1 aliphatic carbocycles. The lowest BCUT2D eigenvalue weighted by atomic mass is 10.0. The molecule has 1 amide bonds. The predicted molar refractivity (Wildman–Crippen MR) is 115 cm³/mol. The van der Waals surface area contributed by atoms with Crippen LogP contribution in [0.1, 0.15) is 53.3 Å². The molecular weight excluding hydrogens is 450 g/mol. The SMILES string of the molecule is COc1ccc(C)c(C(=O)CCC(=O)OC(C(=O)NC2CC2)c2ccc(Br)cc2)c1. The topological polar surface area (TPSA) is 81.7 Å². The lowest BCUT2D eigenvalue weighted by Gasteiger charge is -2.18. The predicted octanol–water partition coefficient (Wildman–Crippen LogP) is 4.29. The van der Waals surface area contributed by atoms with Crippen molar-refractivity contribution in [2.24, 2.45) is 0 Å². The summed E-state index contributed by atoms with van der Waals surface area (Å²) in [6, 6.07) is 12.4. The number of ketones is 1. The molecule has 158 valence electrons. The van der Waals surface area contributed by atoms with Gasteiger partial charge in [0.2, 0.25) is 6.10 Å². The van der Waals surface area contributed by atoms with Crippen molar-refractivity contribution in [2.45, 2.75) is 44.8 Å². The van der Waals surface area contributed by atoms with Gasteiger partial charge in [-0.25, -0.2) is 0 Å². The van der Waals surface area contributed by atoms with E-state index < -0.39 is 12.1 Å². The van der Waals surface area contributed by atoms with E-state index in [0.29, 0.717) is 16.9 Å². The van der Waals surface area contributed by atoms with Crippen LogP contribution in [0.5, 0.6) is 5.75 Å². The third-order valence-electron chi connectivity index (χ3n) is 4.89. The molecule has 1 saturated carbocycles. The molecule has 30 heavy (non-hydrogen) atoms. The number of rotatable bonds is 9. The van der Waals surface area contributed by atoms with Crippen LogP contribution in [-0.4, -0.2) is 30.8 Å². The van der Waals surface area contributed by atoms with Crippen LogP contribution < -0.4 is 10.1 Å². The molecule has 0 saturated heterocycles. The van der Waals surface area contributed by atoms with Crippen molar-refractivity contribution < 1.29 is 23.9 Å². The number of ether oxygens (including phenoxy) is 2. The minimum absolute atomic E-state index is 0.00978. The first kappa shape index (κ1) is 22.0. The Hall–Kier alpha value is -2.67. The van der Waals surface area contributed by atoms with Gasteiger partial charge in [-0.1, -0.05) is 34.1 Å². The molecule has 7 heteroatoms. The molecule has 1 fully saturated rings. The van der Waals surface area contributed by atoms with E-state index in [0.717, 1.165) is 22.9 Å². The highest BCUT2D eigenvalue weighted by atomic mass is 79.9. The molecule has 2 aromatic rings. The largest absolute Gasteiger partial charge is 0.497 e. The van der Waals surface area contributed by atoms with Crippen molar-refractivity contribution in [2.75, 3.05) is 7.11 Å². The van der Waals surface area contributed by atoms with Gasteiger partial charge in [-0.15, -0.1) is 0 Å². The number of halogens is 1. The number of carbonyl (C=O) groups is 3. The second-order valence-electron chi connectivity index (χ2n) is 7.31. The van der Waals surface area contributed by atoms with Crippen LogP contribution in [0.25, 0.3) is 0 Å². The maximum Gasteiger partial charge on any atom is 0.307 e. The Morgan fingerprint density at radius 1 is 1.10 bits per heavy atom. The quantitative estimate of drug-likeness (QED) is 0.433. The number of methoxy groups -OCH3 is 1. The molecule has 0 aromatic heterocycles. The maximum absolute atomic E-state index is 12.6. The zero-order valence-electron chi connectivity index (χ0n) is 16.9. The Morgan fingerprint density at radius 3 is 2.43 bits per heavy atom. The van der Waals surface area contributed by atoms with Crippen LogP contribution in [0.2, 0.25) is 0 Å². The van der Waals surface area contributed by atoms with Crippen molar-refractivity contribution in [3.8, 4) is 5.75 Å². The smallest absolute Gasteiger partial charge is 0.307 e. The average Bonchev–Trinajstić information content (AvgIpc) is 3.55. The van der Waals surface area contributed by atoms with Crippen LogP contribution in [0, 0.1) is 6.92 Å². The second-order valence-corrected chi connectivity index (χ2v) is 8.22. The summed E-state index contributed by atoms with van der Waals surface area (Å²) in [5.41, 5.74) is 1.91. The molecule has 6 nitrogen and oxygen atoms in total. The highest BCUT2D eigenvalue weighted by Gasteiger charge is 2.31. The Balaban J connectivity index is 1.64. The van der Waals surface area contributed by atoms with E-state index in [4.69, 9.17) is 9.47 Å². The number of Topliss-reactive ketones (excluding diaryl/α,β-unsaturated/α-hetero) is 1. The fourth-order valence-electron chi connectivity index (χ4n) is 2.98. The van der Waals surface area contributed by atoms with Crippen molar-refractivity contribution in [1.29, 1.82) is 0 Å². The zero-order valence-corrected chi connectivity index (χ0v) is 18.5. The molecule has 1 atom stereocenters. The summed E-state index contributed by atoms with van der Waals surface area (Å²) in [6.45, 7) is 1.83. The lowest BCUT2D eigenvalue weighted by Crippen LogP contribution is -2.33. The van der Waals surface area contributed by atoms with Gasteiger partial charge in [0.15, 0.2) is 5.78 Å². The van der Waals surface area contributed by atoms with E-state index >= 15 is 0 Å². The van der Waals surface area contributed by atoms with Gasteiger partial charge in [-0.05, 0) is 49.6 Å². The average molecular weight is 474 g/mol. The van der Waals surface area contributed by atoms with Gasteiger partial charge in [0.1, 0.15) is 5.75 Å². The number of hydrogen-bond donors (Lipinski definition) is 1. The molecule has 1 unspecified atom stereocenters. The number of hydrogen-bond acceptors (Lipinski definition) is 5. The van der Waals surface area contributed by atoms with Gasteiger partial charge in [0, 0.05) is 28.1 Å². The van der Waals surface area contributed by atoms with E-state index in [1.165, 1.54) is 7.11 Å². The summed E-state index contributed by atoms with van der Waals surface area (Å²) in [5.74, 6) is -0.532. The fourth-order valence-corrected chi connectivity index (χ4v) is 3.25. The Bertz CT molecular complexity index is 937. The van der Waals surface area contributed by atoms with E-state index in [-0.39, 0.29) is 30.6 Å². The van der Waals surface area contributed by atoms with Gasteiger partial charge in [-0.3, -0.25) is 14.4 Å². The summed E-state index contributed by atoms with van der Waals surface area (Å²) in [7, 11) is 1.53. The number of benzene rings is 2. The highest BCUT2D eigenvalue weighted by Crippen LogP contribution is 2.25. The third kappa shape index (κ3) is 5.92. The lowest BCUT2D eigenvalue weighted by molar-refractivity contribution is -0.156. The summed E-state index contributed by atoms with van der Waals surface area (Å²) in [5, 5.41) is 2.87. The first-order chi connectivity index (χ1) is 14.4. The molecule has 1 N–H and O–H groups in total. The van der Waals surface area contributed by atoms with Gasteiger partial charge in [0.25, 0.3) is 5.91 Å². The third-order valence-corrected chi connectivity index (χ3v) is 5.41. The molecule has 2 aromatic carbocycles. The van der Waals surface area contributed by atoms with Gasteiger partial charge in [-0.2, -0.15) is 0 Å². The van der Waals surface area contributed by atoms with E-state index in [1.54, 1.807) is 42.5 Å². The minimum atomic E-state index is -1.04. The summed E-state index contributed by atoms with van der Waals surface area (Å²) >= 11 is 3.36. The normalized spacial score (nSPS) is 14.0. The molecule has 0 bridgehead atoms. The van der Waals surface area contributed by atoms with Crippen LogP contribution in [0.4, 0.5) is 0 Å². The molecule has 1 aliphatic rings. The van der Waals surface area contributed by atoms with Crippen LogP contribution in [-0.2, 0) is 14.3 Å².